The second-order valence-electron chi connectivity index (χ2n) is 3.55. The van der Waals surface area contributed by atoms with E-state index in [9.17, 15) is 27.5 Å². The summed E-state index contributed by atoms with van der Waals surface area (Å²) < 4.78 is 48.2. The second-order valence-corrected chi connectivity index (χ2v) is 5.10. The highest BCUT2D eigenvalue weighted by Crippen LogP contribution is 2.32. The molecule has 0 aliphatic carbocycles. The van der Waals surface area contributed by atoms with Crippen molar-refractivity contribution in [3.8, 4) is 0 Å². The van der Waals surface area contributed by atoms with E-state index in [0.29, 0.717) is 12.3 Å². The zero-order valence-electron chi connectivity index (χ0n) is 9.73. The number of hydrogen-bond donors (Lipinski definition) is 1. The second kappa shape index (κ2) is 5.95. The van der Waals surface area contributed by atoms with Crippen LogP contribution in [-0.4, -0.2) is 32.7 Å². The molecule has 1 unspecified atom stereocenters. The molecule has 0 saturated carbocycles. The third kappa shape index (κ3) is 4.47. The van der Waals surface area contributed by atoms with Gasteiger partial charge in [-0.3, -0.25) is 14.3 Å². The minimum absolute atomic E-state index is 0.0608. The normalized spacial score (nSPS) is 13.1. The predicted octanol–water partition coefficient (Wildman–Crippen LogP) is 1.80. The molecule has 1 atom stereocenters. The van der Waals surface area contributed by atoms with E-state index in [1.807, 2.05) is 0 Å². The summed E-state index contributed by atoms with van der Waals surface area (Å²) in [5, 5.41) is 13.1. The van der Waals surface area contributed by atoms with Crippen LogP contribution in [0, 0.1) is 10.1 Å². The molecule has 0 aliphatic heterocycles. The number of nitrogens with zero attached hydrogens (tertiary/aromatic N) is 2. The third-order valence-electron chi connectivity index (χ3n) is 2.08. The fourth-order valence-corrected chi connectivity index (χ4v) is 1.61. The Bertz CT molecular complexity index is 507. The SMILES string of the molecule is CS(=O)CCNc1cc(C(F)(F)F)ncc1[N+](=O)[O-]. The summed E-state index contributed by atoms with van der Waals surface area (Å²) in [7, 11) is -1.15. The highest BCUT2D eigenvalue weighted by molar-refractivity contribution is 7.84. The molecule has 6 nitrogen and oxygen atoms in total. The van der Waals surface area contributed by atoms with Crippen molar-refractivity contribution in [2.45, 2.75) is 6.18 Å². The van der Waals surface area contributed by atoms with Gasteiger partial charge in [0.05, 0.1) is 4.92 Å². The van der Waals surface area contributed by atoms with Crippen LogP contribution in [0.15, 0.2) is 12.3 Å². The van der Waals surface area contributed by atoms with Crippen LogP contribution in [0.4, 0.5) is 24.5 Å². The Morgan fingerprint density at radius 1 is 1.53 bits per heavy atom. The van der Waals surface area contributed by atoms with Gasteiger partial charge in [0.1, 0.15) is 17.6 Å². The number of pyridine rings is 1. The van der Waals surface area contributed by atoms with Gasteiger partial charge in [0.15, 0.2) is 0 Å². The van der Waals surface area contributed by atoms with E-state index in [-0.39, 0.29) is 18.0 Å². The monoisotopic (exact) mass is 297 g/mol. The van der Waals surface area contributed by atoms with E-state index in [0.717, 1.165) is 0 Å². The zero-order chi connectivity index (χ0) is 14.6. The summed E-state index contributed by atoms with van der Waals surface area (Å²) in [5.41, 5.74) is -2.08. The Morgan fingerprint density at radius 2 is 2.16 bits per heavy atom. The molecule has 19 heavy (non-hydrogen) atoms. The third-order valence-corrected chi connectivity index (χ3v) is 2.85. The van der Waals surface area contributed by atoms with Crippen LogP contribution < -0.4 is 5.32 Å². The van der Waals surface area contributed by atoms with Gasteiger partial charge in [0.2, 0.25) is 0 Å². The van der Waals surface area contributed by atoms with Crippen LogP contribution in [-0.2, 0) is 17.0 Å². The molecular weight excluding hydrogens is 287 g/mol. The Balaban J connectivity index is 3.02. The van der Waals surface area contributed by atoms with Gasteiger partial charge in [-0.2, -0.15) is 13.2 Å². The molecule has 1 aromatic rings. The maximum atomic E-state index is 12.4. The number of anilines is 1. The molecule has 0 aromatic carbocycles. The van der Waals surface area contributed by atoms with Crippen LogP contribution >= 0.6 is 0 Å². The number of rotatable bonds is 5. The Hall–Kier alpha value is -1.71. The van der Waals surface area contributed by atoms with E-state index in [4.69, 9.17) is 0 Å². The van der Waals surface area contributed by atoms with Gasteiger partial charge in [-0.25, -0.2) is 4.98 Å². The molecule has 1 aromatic heterocycles. The summed E-state index contributed by atoms with van der Waals surface area (Å²) in [6, 6.07) is 0.566. The molecule has 10 heteroatoms. The van der Waals surface area contributed by atoms with E-state index >= 15 is 0 Å². The Labute approximate surface area is 108 Å². The van der Waals surface area contributed by atoms with Crippen molar-refractivity contribution in [2.24, 2.45) is 0 Å². The average molecular weight is 297 g/mol. The van der Waals surface area contributed by atoms with E-state index < -0.39 is 33.3 Å². The van der Waals surface area contributed by atoms with Gasteiger partial charge in [-0.05, 0) is 6.07 Å². The minimum Gasteiger partial charge on any atom is -0.378 e. The first-order valence-corrected chi connectivity index (χ1v) is 6.70. The number of hydrogen-bond acceptors (Lipinski definition) is 5. The van der Waals surface area contributed by atoms with Crippen LogP contribution in [0.1, 0.15) is 5.69 Å². The average Bonchev–Trinajstić information content (AvgIpc) is 2.26. The highest BCUT2D eigenvalue weighted by atomic mass is 32.2. The number of alkyl halides is 3. The van der Waals surface area contributed by atoms with Crippen LogP contribution in [0.25, 0.3) is 0 Å². The van der Waals surface area contributed by atoms with E-state index in [1.54, 1.807) is 0 Å². The van der Waals surface area contributed by atoms with Gasteiger partial charge in [-0.1, -0.05) is 0 Å². The number of halogens is 3. The summed E-state index contributed by atoms with van der Waals surface area (Å²) in [6.45, 7) is 0.0608. The van der Waals surface area contributed by atoms with E-state index in [2.05, 4.69) is 10.3 Å². The number of nitrogens with one attached hydrogen (secondary N) is 1. The molecule has 0 radical (unpaired) electrons. The molecule has 0 amide bonds. The molecule has 0 saturated heterocycles. The van der Waals surface area contributed by atoms with Crippen LogP contribution in [0.5, 0.6) is 0 Å². The first kappa shape index (κ1) is 15.3. The van der Waals surface area contributed by atoms with Crippen LogP contribution in [0.3, 0.4) is 0 Å². The summed E-state index contributed by atoms with van der Waals surface area (Å²) in [6.07, 6.45) is -2.71. The van der Waals surface area contributed by atoms with Crippen molar-refractivity contribution in [2.75, 3.05) is 23.9 Å². The molecule has 106 valence electrons. The van der Waals surface area contributed by atoms with Crippen molar-refractivity contribution in [3.63, 3.8) is 0 Å². The lowest BCUT2D eigenvalue weighted by Crippen LogP contribution is -2.14. The van der Waals surface area contributed by atoms with Crippen molar-refractivity contribution in [3.05, 3.63) is 28.1 Å². The van der Waals surface area contributed by atoms with Crippen molar-refractivity contribution < 1.29 is 22.3 Å². The Kier molecular flexibility index (Phi) is 4.81. The fourth-order valence-electron chi connectivity index (χ4n) is 1.22. The van der Waals surface area contributed by atoms with Gasteiger partial charge in [-0.15, -0.1) is 0 Å². The summed E-state index contributed by atoms with van der Waals surface area (Å²) >= 11 is 0. The lowest BCUT2D eigenvalue weighted by atomic mass is 10.2. The molecule has 0 aliphatic rings. The smallest absolute Gasteiger partial charge is 0.378 e. The first-order valence-electron chi connectivity index (χ1n) is 4.97. The minimum atomic E-state index is -4.68. The van der Waals surface area contributed by atoms with Crippen molar-refractivity contribution in [1.29, 1.82) is 0 Å². The predicted molar refractivity (Wildman–Crippen MR) is 63.3 cm³/mol. The highest BCUT2D eigenvalue weighted by Gasteiger charge is 2.34. The molecule has 0 spiro atoms. The largest absolute Gasteiger partial charge is 0.433 e. The van der Waals surface area contributed by atoms with Gasteiger partial charge >= 0.3 is 11.9 Å². The molecule has 1 heterocycles. The molecule has 1 rings (SSSR count). The molecule has 1 N–H and O–H groups in total. The first-order chi connectivity index (χ1) is 8.71. The van der Waals surface area contributed by atoms with Gasteiger partial charge < -0.3 is 5.32 Å². The van der Waals surface area contributed by atoms with E-state index in [1.165, 1.54) is 6.26 Å². The number of aromatic nitrogens is 1. The number of nitro groups is 1. The lowest BCUT2D eigenvalue weighted by molar-refractivity contribution is -0.384. The van der Waals surface area contributed by atoms with Crippen LogP contribution in [0.2, 0.25) is 0 Å². The maximum Gasteiger partial charge on any atom is 0.433 e. The maximum absolute atomic E-state index is 12.4. The van der Waals surface area contributed by atoms with Gasteiger partial charge in [0, 0.05) is 29.4 Å². The topological polar surface area (TPSA) is 85.1 Å². The standard InChI is InChI=1S/C9H10F3N3O3S/c1-19(18)3-2-13-6-4-8(9(10,11)12)14-5-7(6)15(16)17/h4-5H,2-3H2,1H3,(H,13,14). The Morgan fingerprint density at radius 3 is 2.63 bits per heavy atom. The molecular formula is C9H10F3N3O3S. The summed E-state index contributed by atoms with van der Waals surface area (Å²) in [5.74, 6) is 0.167. The quantitative estimate of drug-likeness (QED) is 0.661. The molecule has 0 fully saturated rings. The van der Waals surface area contributed by atoms with Crippen molar-refractivity contribution in [1.82, 2.24) is 4.98 Å². The zero-order valence-corrected chi connectivity index (χ0v) is 10.5. The lowest BCUT2D eigenvalue weighted by Gasteiger charge is -2.09. The molecule has 0 bridgehead atoms. The summed E-state index contributed by atoms with van der Waals surface area (Å²) in [4.78, 5) is 12.8. The van der Waals surface area contributed by atoms with Gasteiger partial charge in [0.25, 0.3) is 0 Å². The van der Waals surface area contributed by atoms with Crippen molar-refractivity contribution >= 4 is 22.2 Å². The fraction of sp³-hybridized carbons (Fsp3) is 0.444.